The summed E-state index contributed by atoms with van der Waals surface area (Å²) in [6, 6.07) is 11.6. The number of fused-ring (bicyclic) bond motifs is 1. The first-order chi connectivity index (χ1) is 13.3. The third-order valence-electron chi connectivity index (χ3n) is 4.46. The molecule has 2 heterocycles. The van der Waals surface area contributed by atoms with Crippen molar-refractivity contribution in [3.63, 3.8) is 0 Å². The lowest BCUT2D eigenvalue weighted by Gasteiger charge is -2.28. The number of nitrogens with one attached hydrogen (secondary N) is 1. The number of hydrogen-bond acceptors (Lipinski definition) is 4. The Labute approximate surface area is 175 Å². The molecule has 0 saturated carbocycles. The van der Waals surface area contributed by atoms with Gasteiger partial charge in [-0.15, -0.1) is 5.10 Å². The van der Waals surface area contributed by atoms with Crippen LogP contribution in [-0.2, 0) is 4.79 Å². The Morgan fingerprint density at radius 1 is 1.14 bits per heavy atom. The first-order valence-electron chi connectivity index (χ1n) is 8.30. The van der Waals surface area contributed by atoms with E-state index >= 15 is 0 Å². The van der Waals surface area contributed by atoms with Gasteiger partial charge in [0.15, 0.2) is 5.82 Å². The monoisotopic (exact) mass is 433 g/mol. The average Bonchev–Trinajstić information content (AvgIpc) is 3.04. The van der Waals surface area contributed by atoms with Crippen LogP contribution in [0.2, 0.25) is 15.1 Å². The fraction of sp³-hybridized carbons (Fsp3) is 0.105. The van der Waals surface area contributed by atoms with Crippen LogP contribution in [0, 0.1) is 0 Å². The third-order valence-corrected chi connectivity index (χ3v) is 5.26. The first kappa shape index (κ1) is 18.8. The Hall–Kier alpha value is -2.54. The van der Waals surface area contributed by atoms with Crippen LogP contribution in [0.15, 0.2) is 53.7 Å². The summed E-state index contributed by atoms with van der Waals surface area (Å²) >= 11 is 18.6. The van der Waals surface area contributed by atoms with Crippen molar-refractivity contribution in [1.29, 1.82) is 0 Å². The topological polar surface area (TPSA) is 85.8 Å². The average molecular weight is 435 g/mol. The molecule has 0 radical (unpaired) electrons. The summed E-state index contributed by atoms with van der Waals surface area (Å²) < 4.78 is 1.60. The molecule has 0 saturated heterocycles. The van der Waals surface area contributed by atoms with E-state index in [4.69, 9.17) is 40.5 Å². The van der Waals surface area contributed by atoms with E-state index in [-0.39, 0.29) is 0 Å². The van der Waals surface area contributed by atoms with Crippen molar-refractivity contribution >= 4 is 46.7 Å². The molecule has 1 amide bonds. The van der Waals surface area contributed by atoms with Crippen molar-refractivity contribution in [2.75, 3.05) is 5.32 Å². The van der Waals surface area contributed by atoms with E-state index in [9.17, 15) is 4.79 Å². The molecule has 28 heavy (non-hydrogen) atoms. The number of aromatic nitrogens is 3. The molecule has 9 heteroatoms. The lowest BCUT2D eigenvalue weighted by molar-refractivity contribution is -0.115. The van der Waals surface area contributed by atoms with Crippen molar-refractivity contribution in [3.8, 4) is 11.4 Å². The second kappa shape index (κ2) is 7.13. The maximum atomic E-state index is 12.2. The van der Waals surface area contributed by atoms with Crippen LogP contribution in [-0.4, -0.2) is 20.7 Å². The van der Waals surface area contributed by atoms with Gasteiger partial charge in [-0.3, -0.25) is 4.79 Å². The summed E-state index contributed by atoms with van der Waals surface area (Å²) in [6.45, 7) is 1.76. The lowest BCUT2D eigenvalue weighted by Crippen LogP contribution is -2.32. The van der Waals surface area contributed by atoms with Crippen molar-refractivity contribution in [2.24, 2.45) is 5.73 Å². The molecule has 0 aliphatic carbocycles. The molecule has 3 aromatic rings. The summed E-state index contributed by atoms with van der Waals surface area (Å²) in [5, 5.41) is 9.15. The van der Waals surface area contributed by atoms with Crippen LogP contribution in [0.1, 0.15) is 18.5 Å². The highest BCUT2D eigenvalue weighted by Crippen LogP contribution is 2.39. The smallest absolute Gasteiger partial charge is 0.248 e. The molecule has 6 nitrogen and oxygen atoms in total. The number of allylic oxidation sites excluding steroid dienone is 1. The number of halogens is 3. The second-order valence-corrected chi connectivity index (χ2v) is 7.59. The molecule has 1 atom stereocenters. The SMILES string of the molecule is CC1=C(C(N)=O)C(c2ccc(Cl)cc2Cl)n2nc(-c3cccc(Cl)c3)nc2N1. The summed E-state index contributed by atoms with van der Waals surface area (Å²) in [7, 11) is 0. The molecule has 1 unspecified atom stereocenters. The molecule has 3 N–H and O–H groups in total. The minimum absolute atomic E-state index is 0.347. The Morgan fingerprint density at radius 2 is 1.89 bits per heavy atom. The van der Waals surface area contributed by atoms with E-state index in [1.54, 1.807) is 41.9 Å². The van der Waals surface area contributed by atoms with E-state index in [1.165, 1.54) is 0 Å². The predicted molar refractivity (Wildman–Crippen MR) is 111 cm³/mol. The van der Waals surface area contributed by atoms with Gasteiger partial charge in [-0.2, -0.15) is 4.98 Å². The molecule has 4 rings (SSSR count). The Balaban J connectivity index is 1.92. The van der Waals surface area contributed by atoms with Gasteiger partial charge in [0.1, 0.15) is 6.04 Å². The zero-order valence-corrected chi connectivity index (χ0v) is 16.8. The minimum atomic E-state index is -0.640. The maximum absolute atomic E-state index is 12.2. The Morgan fingerprint density at radius 3 is 2.57 bits per heavy atom. The van der Waals surface area contributed by atoms with Gasteiger partial charge in [0, 0.05) is 31.9 Å². The molecule has 0 spiro atoms. The normalized spacial score (nSPS) is 15.9. The molecule has 142 valence electrons. The van der Waals surface area contributed by atoms with Gasteiger partial charge in [-0.25, -0.2) is 4.68 Å². The largest absolute Gasteiger partial charge is 0.366 e. The first-order valence-corrected chi connectivity index (χ1v) is 9.43. The molecule has 0 fully saturated rings. The molecule has 1 aliphatic rings. The van der Waals surface area contributed by atoms with Crippen molar-refractivity contribution in [2.45, 2.75) is 13.0 Å². The van der Waals surface area contributed by atoms with Crippen LogP contribution in [0.5, 0.6) is 0 Å². The number of carbonyl (C=O) groups is 1. The number of hydrogen-bond donors (Lipinski definition) is 2. The van der Waals surface area contributed by atoms with E-state index in [0.29, 0.717) is 43.7 Å². The third kappa shape index (κ3) is 3.24. The van der Waals surface area contributed by atoms with Crippen LogP contribution >= 0.6 is 34.8 Å². The molecular formula is C19H14Cl3N5O. The summed E-state index contributed by atoms with van der Waals surface area (Å²) in [5.74, 6) is 0.346. The number of anilines is 1. The summed E-state index contributed by atoms with van der Waals surface area (Å²) in [5.41, 5.74) is 8.00. The molecular weight excluding hydrogens is 421 g/mol. The fourth-order valence-corrected chi connectivity index (χ4v) is 3.93. The van der Waals surface area contributed by atoms with Gasteiger partial charge in [-0.05, 0) is 31.2 Å². The van der Waals surface area contributed by atoms with Crippen LogP contribution in [0.25, 0.3) is 11.4 Å². The molecule has 0 bridgehead atoms. The quantitative estimate of drug-likeness (QED) is 0.627. The minimum Gasteiger partial charge on any atom is -0.366 e. The van der Waals surface area contributed by atoms with E-state index in [2.05, 4.69) is 15.4 Å². The van der Waals surface area contributed by atoms with Gasteiger partial charge in [0.25, 0.3) is 0 Å². The number of rotatable bonds is 3. The highest BCUT2D eigenvalue weighted by molar-refractivity contribution is 6.35. The molecule has 1 aromatic heterocycles. The number of primary amides is 1. The zero-order chi connectivity index (χ0) is 20.0. The highest BCUT2D eigenvalue weighted by Gasteiger charge is 2.34. The lowest BCUT2D eigenvalue weighted by atomic mass is 9.95. The van der Waals surface area contributed by atoms with Gasteiger partial charge in [0.05, 0.1) is 5.57 Å². The van der Waals surface area contributed by atoms with E-state index < -0.39 is 11.9 Å². The second-order valence-electron chi connectivity index (χ2n) is 6.31. The fourth-order valence-electron chi connectivity index (χ4n) is 3.23. The number of benzene rings is 2. The van der Waals surface area contributed by atoms with Gasteiger partial charge in [0.2, 0.25) is 11.9 Å². The van der Waals surface area contributed by atoms with Crippen molar-refractivity contribution in [1.82, 2.24) is 14.8 Å². The summed E-state index contributed by atoms with van der Waals surface area (Å²) in [6.07, 6.45) is 0. The number of amides is 1. The predicted octanol–water partition coefficient (Wildman–Crippen LogP) is 4.68. The number of nitrogens with two attached hydrogens (primary N) is 1. The van der Waals surface area contributed by atoms with Crippen molar-refractivity contribution < 1.29 is 4.79 Å². The van der Waals surface area contributed by atoms with Gasteiger partial charge in [-0.1, -0.05) is 53.0 Å². The number of nitrogens with zero attached hydrogens (tertiary/aromatic N) is 3. The van der Waals surface area contributed by atoms with Crippen molar-refractivity contribution in [3.05, 3.63) is 74.4 Å². The molecule has 2 aromatic carbocycles. The van der Waals surface area contributed by atoms with Gasteiger partial charge >= 0.3 is 0 Å². The molecule has 1 aliphatic heterocycles. The van der Waals surface area contributed by atoms with E-state index in [0.717, 1.165) is 5.56 Å². The Bertz CT molecular complexity index is 1140. The standard InChI is InChI=1S/C19H14Cl3N5O/c1-9-15(17(23)28)16(13-6-5-12(21)8-14(13)22)27-19(24-9)25-18(26-27)10-3-2-4-11(20)7-10/h2-8,16H,1H3,(H2,23,28)(H,24,25,26). The van der Waals surface area contributed by atoms with Crippen LogP contribution < -0.4 is 11.1 Å². The Kier molecular flexibility index (Phi) is 4.79. The van der Waals surface area contributed by atoms with Crippen LogP contribution in [0.4, 0.5) is 5.95 Å². The summed E-state index contributed by atoms with van der Waals surface area (Å²) in [4.78, 5) is 16.8. The number of carbonyl (C=O) groups excluding carboxylic acids is 1. The van der Waals surface area contributed by atoms with Gasteiger partial charge < -0.3 is 11.1 Å². The van der Waals surface area contributed by atoms with E-state index in [1.807, 2.05) is 12.1 Å². The maximum Gasteiger partial charge on any atom is 0.248 e. The zero-order valence-electron chi connectivity index (χ0n) is 14.6. The van der Waals surface area contributed by atoms with Crippen LogP contribution in [0.3, 0.4) is 0 Å². The highest BCUT2D eigenvalue weighted by atomic mass is 35.5.